The highest BCUT2D eigenvalue weighted by atomic mass is 16.5. The van der Waals surface area contributed by atoms with E-state index in [4.69, 9.17) is 4.74 Å². The van der Waals surface area contributed by atoms with E-state index in [1.807, 2.05) is 61.5 Å². The Kier molecular flexibility index (Phi) is 6.33. The van der Waals surface area contributed by atoms with Gasteiger partial charge in [-0.1, -0.05) is 42.5 Å². The van der Waals surface area contributed by atoms with Crippen molar-refractivity contribution in [2.45, 2.75) is 26.8 Å². The summed E-state index contributed by atoms with van der Waals surface area (Å²) in [7, 11) is 0. The monoisotopic (exact) mass is 401 g/mol. The molecule has 152 valence electrons. The summed E-state index contributed by atoms with van der Waals surface area (Å²) in [4.78, 5) is 17.4. The number of aromatic hydroxyl groups is 1. The molecule has 6 heteroatoms. The molecule has 0 amide bonds. The summed E-state index contributed by atoms with van der Waals surface area (Å²) in [5.41, 5.74) is 1.58. The van der Waals surface area contributed by atoms with Gasteiger partial charge < -0.3 is 9.84 Å². The highest BCUT2D eigenvalue weighted by Gasteiger charge is 2.22. The summed E-state index contributed by atoms with van der Waals surface area (Å²) in [5.74, 6) is 0.380. The zero-order valence-corrected chi connectivity index (χ0v) is 17.2. The Balaban J connectivity index is 2.17. The molecule has 3 rings (SSSR count). The molecule has 0 saturated heterocycles. The molecule has 0 radical (unpaired) electrons. The van der Waals surface area contributed by atoms with Crippen molar-refractivity contribution in [2.24, 2.45) is 4.99 Å². The molecule has 0 aliphatic heterocycles. The van der Waals surface area contributed by atoms with Crippen molar-refractivity contribution in [1.82, 2.24) is 4.57 Å². The lowest BCUT2D eigenvalue weighted by molar-refractivity contribution is 0.341. The van der Waals surface area contributed by atoms with Crippen LogP contribution in [0.3, 0.4) is 0 Å². The molecule has 0 bridgehead atoms. The fourth-order valence-corrected chi connectivity index (χ4v) is 3.31. The number of rotatable bonds is 6. The maximum Gasteiger partial charge on any atom is 0.272 e. The van der Waals surface area contributed by atoms with E-state index in [2.05, 4.69) is 4.99 Å². The van der Waals surface area contributed by atoms with Crippen LogP contribution in [-0.4, -0.2) is 22.5 Å². The molecule has 1 aromatic heterocycles. The van der Waals surface area contributed by atoms with E-state index < -0.39 is 11.6 Å². The Hall–Kier alpha value is -3.85. The molecule has 0 spiro atoms. The summed E-state index contributed by atoms with van der Waals surface area (Å²) in [6, 6.07) is 18.1. The largest absolute Gasteiger partial charge is 0.494 e. The van der Waals surface area contributed by atoms with Gasteiger partial charge in [-0.05, 0) is 44.0 Å². The van der Waals surface area contributed by atoms with Crippen LogP contribution in [0.15, 0.2) is 64.4 Å². The number of hydrogen-bond acceptors (Lipinski definition) is 5. The van der Waals surface area contributed by atoms with E-state index in [9.17, 15) is 15.2 Å². The standard InChI is InChI=1S/C24H23N3O3/c1-4-30-22-13-9-8-12-21(22)26-15-20-16(2)19(14-25)23(28)27(24(20)29)17(3)18-10-6-5-7-11-18/h5-13,15,17,29H,4H2,1-3H3. The van der Waals surface area contributed by atoms with E-state index in [1.165, 1.54) is 10.8 Å². The lowest BCUT2D eigenvalue weighted by Gasteiger charge is -2.20. The van der Waals surface area contributed by atoms with Gasteiger partial charge in [-0.2, -0.15) is 5.26 Å². The SMILES string of the molecule is CCOc1ccccc1N=Cc1c(C)c(C#N)c(=O)n(C(C)c2ccccc2)c1O. The number of ether oxygens (including phenoxy) is 1. The van der Waals surface area contributed by atoms with Crippen LogP contribution in [0.25, 0.3) is 0 Å². The summed E-state index contributed by atoms with van der Waals surface area (Å²) >= 11 is 0. The minimum absolute atomic E-state index is 0.0184. The molecule has 2 aromatic carbocycles. The normalized spacial score (nSPS) is 11.9. The Morgan fingerprint density at radius 3 is 2.53 bits per heavy atom. The summed E-state index contributed by atoms with van der Waals surface area (Å²) in [5, 5.41) is 20.6. The number of aliphatic imine (C=N–C) groups is 1. The lowest BCUT2D eigenvalue weighted by Crippen LogP contribution is -2.28. The van der Waals surface area contributed by atoms with Crippen LogP contribution in [0.2, 0.25) is 0 Å². The first-order chi connectivity index (χ1) is 14.5. The van der Waals surface area contributed by atoms with Crippen molar-refractivity contribution in [1.29, 1.82) is 5.26 Å². The molecular formula is C24H23N3O3. The van der Waals surface area contributed by atoms with Crippen LogP contribution < -0.4 is 10.3 Å². The molecule has 0 fully saturated rings. The molecule has 6 nitrogen and oxygen atoms in total. The number of nitrogens with zero attached hydrogens (tertiary/aromatic N) is 3. The smallest absolute Gasteiger partial charge is 0.272 e. The first-order valence-corrected chi connectivity index (χ1v) is 9.68. The van der Waals surface area contributed by atoms with Gasteiger partial charge in [0.2, 0.25) is 5.88 Å². The fraction of sp³-hybridized carbons (Fsp3) is 0.208. The van der Waals surface area contributed by atoms with E-state index >= 15 is 0 Å². The Morgan fingerprint density at radius 1 is 1.20 bits per heavy atom. The van der Waals surface area contributed by atoms with Crippen molar-refractivity contribution in [3.05, 3.63) is 87.2 Å². The van der Waals surface area contributed by atoms with Gasteiger partial charge in [0, 0.05) is 6.21 Å². The summed E-state index contributed by atoms with van der Waals surface area (Å²) in [6.07, 6.45) is 1.47. The zero-order valence-electron chi connectivity index (χ0n) is 17.2. The van der Waals surface area contributed by atoms with Gasteiger partial charge >= 0.3 is 0 Å². The second kappa shape index (κ2) is 9.10. The predicted octanol–water partition coefficient (Wildman–Crippen LogP) is 4.49. The van der Waals surface area contributed by atoms with Crippen LogP contribution >= 0.6 is 0 Å². The molecule has 1 N–H and O–H groups in total. The highest BCUT2D eigenvalue weighted by molar-refractivity contribution is 5.88. The topological polar surface area (TPSA) is 87.6 Å². The van der Waals surface area contributed by atoms with Gasteiger partial charge in [0.25, 0.3) is 5.56 Å². The highest BCUT2D eigenvalue weighted by Crippen LogP contribution is 2.29. The van der Waals surface area contributed by atoms with Gasteiger partial charge in [-0.15, -0.1) is 0 Å². The molecule has 1 heterocycles. The predicted molar refractivity (Wildman–Crippen MR) is 117 cm³/mol. The van der Waals surface area contributed by atoms with Crippen LogP contribution in [0.4, 0.5) is 5.69 Å². The Morgan fingerprint density at radius 2 is 1.87 bits per heavy atom. The van der Waals surface area contributed by atoms with Gasteiger partial charge in [0.05, 0.1) is 18.2 Å². The van der Waals surface area contributed by atoms with Crippen molar-refractivity contribution in [3.8, 4) is 17.7 Å². The second-order valence-corrected chi connectivity index (χ2v) is 6.77. The van der Waals surface area contributed by atoms with E-state index in [-0.39, 0.29) is 11.4 Å². The summed E-state index contributed by atoms with van der Waals surface area (Å²) < 4.78 is 6.82. The Labute approximate surface area is 175 Å². The number of para-hydroxylation sites is 2. The van der Waals surface area contributed by atoms with Gasteiger partial charge in [-0.25, -0.2) is 0 Å². The third-order valence-corrected chi connectivity index (χ3v) is 4.96. The summed E-state index contributed by atoms with van der Waals surface area (Å²) in [6.45, 7) is 5.82. The van der Waals surface area contributed by atoms with Crippen molar-refractivity contribution in [3.63, 3.8) is 0 Å². The van der Waals surface area contributed by atoms with Gasteiger partial charge in [0.1, 0.15) is 23.1 Å². The molecule has 30 heavy (non-hydrogen) atoms. The van der Waals surface area contributed by atoms with Crippen LogP contribution in [0.5, 0.6) is 11.6 Å². The minimum Gasteiger partial charge on any atom is -0.494 e. The third kappa shape index (κ3) is 3.96. The van der Waals surface area contributed by atoms with Crippen molar-refractivity contribution < 1.29 is 9.84 Å². The molecule has 1 unspecified atom stereocenters. The number of pyridine rings is 1. The maximum atomic E-state index is 12.9. The minimum atomic E-state index is -0.532. The molecule has 1 atom stereocenters. The molecule has 0 saturated carbocycles. The average molecular weight is 401 g/mol. The number of hydrogen-bond donors (Lipinski definition) is 1. The molecule has 0 aliphatic rings. The quantitative estimate of drug-likeness (QED) is 0.616. The van der Waals surface area contributed by atoms with E-state index in [1.54, 1.807) is 19.9 Å². The number of benzene rings is 2. The Bertz CT molecular complexity index is 1170. The maximum absolute atomic E-state index is 12.9. The van der Waals surface area contributed by atoms with Crippen LogP contribution in [0, 0.1) is 18.3 Å². The van der Waals surface area contributed by atoms with Crippen LogP contribution in [0.1, 0.15) is 42.1 Å². The average Bonchev–Trinajstić information content (AvgIpc) is 2.75. The van der Waals surface area contributed by atoms with Crippen molar-refractivity contribution >= 4 is 11.9 Å². The molecule has 0 aliphatic carbocycles. The van der Waals surface area contributed by atoms with Gasteiger partial charge in [-0.3, -0.25) is 14.4 Å². The third-order valence-electron chi connectivity index (χ3n) is 4.96. The van der Waals surface area contributed by atoms with E-state index in [0.717, 1.165) is 5.56 Å². The van der Waals surface area contributed by atoms with Crippen LogP contribution in [-0.2, 0) is 0 Å². The molecular weight excluding hydrogens is 378 g/mol. The van der Waals surface area contributed by atoms with E-state index in [0.29, 0.717) is 29.2 Å². The first-order valence-electron chi connectivity index (χ1n) is 9.68. The molecule has 3 aromatic rings. The van der Waals surface area contributed by atoms with Gasteiger partial charge in [0.15, 0.2) is 0 Å². The lowest BCUT2D eigenvalue weighted by atomic mass is 10.0. The number of nitriles is 1. The number of aromatic nitrogens is 1. The van der Waals surface area contributed by atoms with Crippen molar-refractivity contribution in [2.75, 3.05) is 6.61 Å². The second-order valence-electron chi connectivity index (χ2n) is 6.77. The first kappa shape index (κ1) is 20.9. The fourth-order valence-electron chi connectivity index (χ4n) is 3.31. The zero-order chi connectivity index (χ0) is 21.7.